The molecule has 6 atom stereocenters. The van der Waals surface area contributed by atoms with E-state index in [1.54, 1.807) is 37.3 Å². The van der Waals surface area contributed by atoms with Gasteiger partial charge in [-0.2, -0.15) is 0 Å². The topological polar surface area (TPSA) is 96.4 Å². The molecule has 3 aliphatic heterocycles. The Bertz CT molecular complexity index is 959. The zero-order valence-corrected chi connectivity index (χ0v) is 20.5. The summed E-state index contributed by atoms with van der Waals surface area (Å²) in [6, 6.07) is 5.77. The van der Waals surface area contributed by atoms with Gasteiger partial charge in [0.15, 0.2) is 0 Å². The summed E-state index contributed by atoms with van der Waals surface area (Å²) in [7, 11) is 0. The number of likely N-dealkylation sites (tertiary alicyclic amines) is 1. The Balaban J connectivity index is 1.78. The number of aliphatic hydroxyl groups is 1. The SMILES string of the molecule is C=CCN(C(=O)C1N(CCO)C(=O)[C@@H]2[C@H](C(=O)OCC)[C@H]3OC12CC3Br)c1ccc(Cl)cc1. The third-order valence-electron chi connectivity index (χ3n) is 6.64. The number of alkyl halides is 1. The van der Waals surface area contributed by atoms with Gasteiger partial charge in [-0.05, 0) is 37.6 Å². The molecule has 0 radical (unpaired) electrons. The first-order chi connectivity index (χ1) is 15.8. The number of amides is 2. The van der Waals surface area contributed by atoms with E-state index in [9.17, 15) is 19.5 Å². The molecule has 1 N–H and O–H groups in total. The highest BCUT2D eigenvalue weighted by atomic mass is 79.9. The number of β-amino-alcohol motifs (C(OH)–C–C–N with tert-alkyl or cyclic N) is 1. The third-order valence-corrected chi connectivity index (χ3v) is 7.74. The van der Waals surface area contributed by atoms with Crippen LogP contribution in [-0.4, -0.2) is 76.7 Å². The van der Waals surface area contributed by atoms with Crippen molar-refractivity contribution in [3.63, 3.8) is 0 Å². The van der Waals surface area contributed by atoms with Crippen LogP contribution < -0.4 is 4.90 Å². The lowest BCUT2D eigenvalue weighted by molar-refractivity contribution is -0.154. The molecule has 8 nitrogen and oxygen atoms in total. The molecule has 178 valence electrons. The minimum Gasteiger partial charge on any atom is -0.466 e. The highest BCUT2D eigenvalue weighted by Gasteiger charge is 2.77. The first-order valence-corrected chi connectivity index (χ1v) is 12.2. The molecule has 0 aromatic heterocycles. The predicted molar refractivity (Wildman–Crippen MR) is 125 cm³/mol. The van der Waals surface area contributed by atoms with E-state index in [0.717, 1.165) is 0 Å². The molecule has 0 aliphatic carbocycles. The van der Waals surface area contributed by atoms with Crippen LogP contribution in [0.2, 0.25) is 5.02 Å². The average Bonchev–Trinajstić information content (AvgIpc) is 3.37. The largest absolute Gasteiger partial charge is 0.466 e. The smallest absolute Gasteiger partial charge is 0.312 e. The van der Waals surface area contributed by atoms with Gasteiger partial charge in [0, 0.05) is 28.6 Å². The fraction of sp³-hybridized carbons (Fsp3) is 0.522. The first-order valence-electron chi connectivity index (χ1n) is 10.9. The monoisotopic (exact) mass is 540 g/mol. The molecule has 1 spiro atoms. The van der Waals surface area contributed by atoms with Crippen LogP contribution in [0.3, 0.4) is 0 Å². The Kier molecular flexibility index (Phi) is 6.87. The molecule has 3 heterocycles. The Morgan fingerprint density at radius 3 is 2.73 bits per heavy atom. The summed E-state index contributed by atoms with van der Waals surface area (Å²) in [5.74, 6) is -2.93. The van der Waals surface area contributed by atoms with Crippen molar-refractivity contribution in [2.24, 2.45) is 11.8 Å². The van der Waals surface area contributed by atoms with Crippen LogP contribution in [0.15, 0.2) is 36.9 Å². The molecule has 3 aliphatic rings. The van der Waals surface area contributed by atoms with E-state index in [2.05, 4.69) is 22.5 Å². The van der Waals surface area contributed by atoms with Gasteiger partial charge in [0.2, 0.25) is 5.91 Å². The maximum atomic E-state index is 14.0. The van der Waals surface area contributed by atoms with Gasteiger partial charge in [-0.15, -0.1) is 6.58 Å². The minimum atomic E-state index is -1.20. The van der Waals surface area contributed by atoms with E-state index in [1.807, 2.05) is 0 Å². The number of esters is 1. The van der Waals surface area contributed by atoms with E-state index in [-0.39, 0.29) is 42.9 Å². The molecule has 0 saturated carbocycles. The first kappa shape index (κ1) is 24.2. The van der Waals surface area contributed by atoms with Gasteiger partial charge in [-0.1, -0.05) is 33.6 Å². The van der Waals surface area contributed by atoms with E-state index in [4.69, 9.17) is 21.1 Å². The van der Waals surface area contributed by atoms with Gasteiger partial charge in [0.1, 0.15) is 11.6 Å². The van der Waals surface area contributed by atoms with Gasteiger partial charge < -0.3 is 24.4 Å². The minimum absolute atomic E-state index is 0.0490. The number of carbonyl (C=O) groups is 3. The molecule has 3 unspecified atom stereocenters. The van der Waals surface area contributed by atoms with Crippen molar-refractivity contribution in [3.05, 3.63) is 41.9 Å². The van der Waals surface area contributed by atoms with Crippen molar-refractivity contribution >= 4 is 51.0 Å². The fourth-order valence-corrected chi connectivity index (χ4v) is 6.55. The van der Waals surface area contributed by atoms with Gasteiger partial charge in [0.25, 0.3) is 5.91 Å². The number of benzene rings is 1. The normalized spacial score (nSPS) is 32.1. The summed E-state index contributed by atoms with van der Waals surface area (Å²) in [4.78, 5) is 43.1. The summed E-state index contributed by atoms with van der Waals surface area (Å²) < 4.78 is 11.6. The Morgan fingerprint density at radius 2 is 2.12 bits per heavy atom. The molecule has 4 rings (SSSR count). The number of aliphatic hydroxyl groups excluding tert-OH is 1. The number of fused-ring (bicyclic) bond motifs is 1. The Morgan fingerprint density at radius 1 is 1.42 bits per heavy atom. The van der Waals surface area contributed by atoms with Gasteiger partial charge in [-0.3, -0.25) is 14.4 Å². The lowest BCUT2D eigenvalue weighted by Crippen LogP contribution is -2.57. The van der Waals surface area contributed by atoms with Crippen molar-refractivity contribution in [1.82, 2.24) is 4.90 Å². The molecule has 2 bridgehead atoms. The number of carbonyl (C=O) groups excluding carboxylic acids is 3. The van der Waals surface area contributed by atoms with Crippen LogP contribution in [0.5, 0.6) is 0 Å². The molecule has 3 saturated heterocycles. The molecule has 3 fully saturated rings. The Hall–Kier alpha value is -1.94. The summed E-state index contributed by atoms with van der Waals surface area (Å²) in [6.45, 7) is 5.46. The molecular weight excluding hydrogens is 516 g/mol. The zero-order valence-electron chi connectivity index (χ0n) is 18.2. The molecule has 1 aromatic rings. The Labute approximate surface area is 205 Å². The zero-order chi connectivity index (χ0) is 23.9. The summed E-state index contributed by atoms with van der Waals surface area (Å²) in [5.41, 5.74) is -0.615. The third kappa shape index (κ3) is 3.79. The van der Waals surface area contributed by atoms with Crippen LogP contribution >= 0.6 is 27.5 Å². The highest BCUT2D eigenvalue weighted by Crippen LogP contribution is 2.60. The van der Waals surface area contributed by atoms with E-state index in [1.165, 1.54) is 9.80 Å². The summed E-state index contributed by atoms with van der Waals surface area (Å²) in [6.07, 6.45) is 1.40. The van der Waals surface area contributed by atoms with Crippen LogP contribution in [0, 0.1) is 11.8 Å². The second kappa shape index (κ2) is 9.37. The number of ether oxygens (including phenoxy) is 2. The quantitative estimate of drug-likeness (QED) is 0.308. The van der Waals surface area contributed by atoms with E-state index < -0.39 is 35.6 Å². The van der Waals surface area contributed by atoms with E-state index in [0.29, 0.717) is 17.1 Å². The van der Waals surface area contributed by atoms with Crippen molar-refractivity contribution < 1.29 is 29.0 Å². The fourth-order valence-electron chi connectivity index (χ4n) is 5.49. The standard InChI is InChI=1S/C23H26BrClN2O6/c1-3-9-26(14-7-5-13(25)6-8-14)21(30)19-23-12-15(24)18(33-23)16(22(31)32-4-2)17(23)20(29)27(19)10-11-28/h3,5-8,15-19,28H,1,4,9-12H2,2H3/t15?,16-,17-,18-,19?,23?/m0/s1. The average molecular weight is 542 g/mol. The highest BCUT2D eigenvalue weighted by molar-refractivity contribution is 9.09. The molecule has 33 heavy (non-hydrogen) atoms. The number of halogens is 2. The van der Waals surface area contributed by atoms with Crippen molar-refractivity contribution in [2.45, 2.75) is 35.9 Å². The maximum Gasteiger partial charge on any atom is 0.312 e. The summed E-state index contributed by atoms with van der Waals surface area (Å²) in [5, 5.41) is 10.2. The molecular formula is C23H26BrClN2O6. The van der Waals surface area contributed by atoms with Crippen molar-refractivity contribution in [3.8, 4) is 0 Å². The van der Waals surface area contributed by atoms with Gasteiger partial charge in [-0.25, -0.2) is 0 Å². The van der Waals surface area contributed by atoms with Crippen molar-refractivity contribution in [2.75, 3.05) is 31.2 Å². The number of anilines is 1. The van der Waals surface area contributed by atoms with Crippen molar-refractivity contribution in [1.29, 1.82) is 0 Å². The second-order valence-corrected chi connectivity index (χ2v) is 10.00. The molecule has 2 amide bonds. The van der Waals surface area contributed by atoms with Crippen LogP contribution in [-0.2, 0) is 23.9 Å². The lowest BCUT2D eigenvalue weighted by Gasteiger charge is -2.37. The van der Waals surface area contributed by atoms with Crippen LogP contribution in [0.25, 0.3) is 0 Å². The van der Waals surface area contributed by atoms with Gasteiger partial charge >= 0.3 is 5.97 Å². The second-order valence-electron chi connectivity index (χ2n) is 8.38. The number of hydrogen-bond acceptors (Lipinski definition) is 6. The molecule has 10 heteroatoms. The number of rotatable bonds is 8. The molecule has 1 aromatic carbocycles. The summed E-state index contributed by atoms with van der Waals surface area (Å²) >= 11 is 9.62. The maximum absolute atomic E-state index is 14.0. The van der Waals surface area contributed by atoms with Gasteiger partial charge in [0.05, 0.1) is 31.2 Å². The van der Waals surface area contributed by atoms with Crippen LogP contribution in [0.1, 0.15) is 13.3 Å². The predicted octanol–water partition coefficient (Wildman–Crippen LogP) is 2.16. The van der Waals surface area contributed by atoms with Crippen LogP contribution in [0.4, 0.5) is 5.69 Å². The lowest BCUT2D eigenvalue weighted by atomic mass is 9.70. The van der Waals surface area contributed by atoms with E-state index >= 15 is 0 Å². The number of nitrogens with zero attached hydrogens (tertiary/aromatic N) is 2. The number of hydrogen-bond donors (Lipinski definition) is 1.